The molecule has 5 heteroatoms. The van der Waals surface area contributed by atoms with Crippen molar-refractivity contribution in [2.75, 3.05) is 19.6 Å². The number of fused-ring (bicyclic) bond motifs is 1. The molecular formula is C12H15N3O2. The summed E-state index contributed by atoms with van der Waals surface area (Å²) in [5.41, 5.74) is 4.25. The highest BCUT2D eigenvalue weighted by Gasteiger charge is 2.11. The fourth-order valence-corrected chi connectivity index (χ4v) is 1.80. The molecule has 0 radical (unpaired) electrons. The normalized spacial score (nSPS) is 10.4. The number of ether oxygens (including phenoxy) is 2. The predicted octanol–water partition coefficient (Wildman–Crippen LogP) is 1.85. The lowest BCUT2D eigenvalue weighted by atomic mass is 10.1. The van der Waals surface area contributed by atoms with E-state index >= 15 is 0 Å². The van der Waals surface area contributed by atoms with Gasteiger partial charge in [-0.1, -0.05) is 0 Å². The maximum Gasteiger partial charge on any atom is 0.145 e. The van der Waals surface area contributed by atoms with Crippen LogP contribution in [-0.2, 0) is 0 Å². The maximum absolute atomic E-state index is 5.42. The molecular weight excluding hydrogens is 218 g/mol. The van der Waals surface area contributed by atoms with Crippen molar-refractivity contribution >= 4 is 16.7 Å². The van der Waals surface area contributed by atoms with Crippen molar-refractivity contribution < 1.29 is 9.47 Å². The van der Waals surface area contributed by atoms with Gasteiger partial charge in [-0.05, 0) is 30.7 Å². The molecule has 0 fully saturated rings. The summed E-state index contributed by atoms with van der Waals surface area (Å²) in [6.07, 6.45) is 0. The second kappa shape index (κ2) is 4.47. The van der Waals surface area contributed by atoms with Gasteiger partial charge in [-0.3, -0.25) is 0 Å². The number of anilines is 1. The lowest BCUT2D eigenvalue weighted by molar-refractivity contribution is 0.410. The van der Waals surface area contributed by atoms with Crippen LogP contribution in [-0.4, -0.2) is 19.2 Å². The second-order valence-corrected chi connectivity index (χ2v) is 3.66. The number of nitrogen functional groups attached to an aromatic ring is 1. The van der Waals surface area contributed by atoms with E-state index in [9.17, 15) is 0 Å². The third kappa shape index (κ3) is 1.85. The molecule has 1 heterocycles. The van der Waals surface area contributed by atoms with E-state index in [4.69, 9.17) is 15.3 Å². The highest BCUT2D eigenvalue weighted by molar-refractivity contribution is 5.92. The average Bonchev–Trinajstić information content (AvgIpc) is 2.36. The fourth-order valence-electron chi connectivity index (χ4n) is 1.80. The number of aromatic nitrogens is 1. The van der Waals surface area contributed by atoms with E-state index in [1.165, 1.54) is 0 Å². The number of hydrazine groups is 1. The predicted molar refractivity (Wildman–Crippen MR) is 67.4 cm³/mol. The Kier molecular flexibility index (Phi) is 3.01. The van der Waals surface area contributed by atoms with Crippen LogP contribution in [0.1, 0.15) is 5.56 Å². The van der Waals surface area contributed by atoms with Crippen LogP contribution >= 0.6 is 0 Å². The molecule has 2 aromatic rings. The summed E-state index contributed by atoms with van der Waals surface area (Å²) in [5, 5.41) is 0.906. The van der Waals surface area contributed by atoms with Crippen molar-refractivity contribution in [2.45, 2.75) is 6.92 Å². The summed E-state index contributed by atoms with van der Waals surface area (Å²) < 4.78 is 10.6. The van der Waals surface area contributed by atoms with Gasteiger partial charge in [0.25, 0.3) is 0 Å². The van der Waals surface area contributed by atoms with E-state index in [-0.39, 0.29) is 0 Å². The summed E-state index contributed by atoms with van der Waals surface area (Å²) in [4.78, 5) is 4.43. The summed E-state index contributed by atoms with van der Waals surface area (Å²) >= 11 is 0. The van der Waals surface area contributed by atoms with Gasteiger partial charge in [0, 0.05) is 5.39 Å². The quantitative estimate of drug-likeness (QED) is 0.625. The Labute approximate surface area is 99.5 Å². The molecule has 0 amide bonds. The lowest BCUT2D eigenvalue weighted by Gasteiger charge is -2.12. The van der Waals surface area contributed by atoms with Gasteiger partial charge in [-0.25, -0.2) is 10.8 Å². The van der Waals surface area contributed by atoms with Gasteiger partial charge < -0.3 is 14.9 Å². The molecule has 0 aliphatic heterocycles. The fraction of sp³-hybridized carbons (Fsp3) is 0.250. The van der Waals surface area contributed by atoms with Crippen LogP contribution < -0.4 is 20.7 Å². The molecule has 1 aromatic carbocycles. The van der Waals surface area contributed by atoms with Gasteiger partial charge in [-0.2, -0.15) is 0 Å². The molecule has 0 unspecified atom stereocenters. The number of hydrogen-bond donors (Lipinski definition) is 2. The standard InChI is InChI=1S/C12H15N3O2/c1-7-6-8-9(16-2)4-5-10(17-3)11(8)14-12(7)15-13/h4-6H,13H2,1-3H3,(H,14,15). The highest BCUT2D eigenvalue weighted by Crippen LogP contribution is 2.33. The first-order chi connectivity index (χ1) is 8.21. The molecule has 90 valence electrons. The molecule has 0 aliphatic rings. The SMILES string of the molecule is COc1ccc(OC)c2nc(NN)c(C)cc12. The molecule has 0 saturated carbocycles. The third-order valence-corrected chi connectivity index (χ3v) is 2.67. The summed E-state index contributed by atoms with van der Waals surface area (Å²) in [5.74, 6) is 7.50. The highest BCUT2D eigenvalue weighted by atomic mass is 16.5. The second-order valence-electron chi connectivity index (χ2n) is 3.66. The van der Waals surface area contributed by atoms with E-state index in [1.807, 2.05) is 25.1 Å². The van der Waals surface area contributed by atoms with Crippen LogP contribution in [0.2, 0.25) is 0 Å². The molecule has 1 aromatic heterocycles. The van der Waals surface area contributed by atoms with Crippen molar-refractivity contribution in [1.82, 2.24) is 4.98 Å². The number of rotatable bonds is 3. The van der Waals surface area contributed by atoms with E-state index in [1.54, 1.807) is 14.2 Å². The maximum atomic E-state index is 5.42. The number of benzene rings is 1. The first-order valence-electron chi connectivity index (χ1n) is 5.20. The number of hydrogen-bond acceptors (Lipinski definition) is 5. The van der Waals surface area contributed by atoms with Gasteiger partial charge in [-0.15, -0.1) is 0 Å². The molecule has 5 nitrogen and oxygen atoms in total. The van der Waals surface area contributed by atoms with E-state index in [0.717, 1.165) is 22.2 Å². The molecule has 0 atom stereocenters. The van der Waals surface area contributed by atoms with Crippen molar-refractivity contribution in [3.05, 3.63) is 23.8 Å². The van der Waals surface area contributed by atoms with Crippen LogP contribution in [0.4, 0.5) is 5.82 Å². The Bertz CT molecular complexity index is 555. The van der Waals surface area contributed by atoms with E-state index in [0.29, 0.717) is 11.6 Å². The van der Waals surface area contributed by atoms with Crippen LogP contribution in [0.5, 0.6) is 11.5 Å². The van der Waals surface area contributed by atoms with Crippen LogP contribution in [0.15, 0.2) is 18.2 Å². The number of nitrogens with one attached hydrogen (secondary N) is 1. The smallest absolute Gasteiger partial charge is 0.145 e. The van der Waals surface area contributed by atoms with Gasteiger partial charge >= 0.3 is 0 Å². The molecule has 0 bridgehead atoms. The number of pyridine rings is 1. The Hall–Kier alpha value is -2.01. The average molecular weight is 233 g/mol. The molecule has 0 spiro atoms. The Morgan fingerprint density at radius 2 is 1.82 bits per heavy atom. The van der Waals surface area contributed by atoms with Gasteiger partial charge in [0.15, 0.2) is 0 Å². The first kappa shape index (κ1) is 11.5. The zero-order chi connectivity index (χ0) is 12.4. The number of nitrogens with two attached hydrogens (primary N) is 1. The zero-order valence-corrected chi connectivity index (χ0v) is 10.1. The number of nitrogens with zero attached hydrogens (tertiary/aromatic N) is 1. The van der Waals surface area contributed by atoms with Crippen LogP contribution in [0.3, 0.4) is 0 Å². The minimum Gasteiger partial charge on any atom is -0.496 e. The van der Waals surface area contributed by atoms with E-state index in [2.05, 4.69) is 10.4 Å². The number of methoxy groups -OCH3 is 2. The van der Waals surface area contributed by atoms with Crippen molar-refractivity contribution in [3.8, 4) is 11.5 Å². The van der Waals surface area contributed by atoms with Crippen molar-refractivity contribution in [3.63, 3.8) is 0 Å². The molecule has 0 saturated heterocycles. The molecule has 3 N–H and O–H groups in total. The van der Waals surface area contributed by atoms with Gasteiger partial charge in [0.05, 0.1) is 14.2 Å². The van der Waals surface area contributed by atoms with E-state index < -0.39 is 0 Å². The minimum absolute atomic E-state index is 0.629. The third-order valence-electron chi connectivity index (χ3n) is 2.67. The minimum atomic E-state index is 0.629. The van der Waals surface area contributed by atoms with Crippen molar-refractivity contribution in [1.29, 1.82) is 0 Å². The Morgan fingerprint density at radius 1 is 1.18 bits per heavy atom. The van der Waals surface area contributed by atoms with Crippen molar-refractivity contribution in [2.24, 2.45) is 5.84 Å². The summed E-state index contributed by atoms with van der Waals surface area (Å²) in [6, 6.07) is 5.65. The topological polar surface area (TPSA) is 69.4 Å². The van der Waals surface area contributed by atoms with Crippen LogP contribution in [0, 0.1) is 6.92 Å². The molecule has 2 rings (SSSR count). The number of aryl methyl sites for hydroxylation is 1. The summed E-state index contributed by atoms with van der Waals surface area (Å²) in [6.45, 7) is 1.93. The zero-order valence-electron chi connectivity index (χ0n) is 10.1. The van der Waals surface area contributed by atoms with Crippen LogP contribution in [0.25, 0.3) is 10.9 Å². The Balaban J connectivity index is 2.81. The van der Waals surface area contributed by atoms with Gasteiger partial charge in [0.2, 0.25) is 0 Å². The monoisotopic (exact) mass is 233 g/mol. The molecule has 17 heavy (non-hydrogen) atoms. The van der Waals surface area contributed by atoms with Gasteiger partial charge in [0.1, 0.15) is 22.8 Å². The largest absolute Gasteiger partial charge is 0.496 e. The summed E-state index contributed by atoms with van der Waals surface area (Å²) in [7, 11) is 3.24. The lowest BCUT2D eigenvalue weighted by Crippen LogP contribution is -2.10. The molecule has 0 aliphatic carbocycles. The first-order valence-corrected chi connectivity index (χ1v) is 5.20. The Morgan fingerprint density at radius 3 is 2.41 bits per heavy atom.